The summed E-state index contributed by atoms with van der Waals surface area (Å²) in [6.45, 7) is 8.20. The van der Waals surface area contributed by atoms with Crippen molar-refractivity contribution in [2.45, 2.75) is 95.4 Å². The Kier molecular flexibility index (Phi) is 5.21. The molecule has 0 atom stereocenters. The van der Waals surface area contributed by atoms with Gasteiger partial charge in [-0.1, -0.05) is 30.9 Å². The SMILES string of the molecule is CC1(C)CC(NC(=O)c2cc3cc(Cl)c4c(c3o2)C2(CCCCC2)NC(=O)N4)CC(C)(C)O1. The van der Waals surface area contributed by atoms with Gasteiger partial charge in [0.2, 0.25) is 0 Å². The van der Waals surface area contributed by atoms with Gasteiger partial charge in [-0.3, -0.25) is 4.79 Å². The van der Waals surface area contributed by atoms with Crippen molar-refractivity contribution in [3.05, 3.63) is 28.5 Å². The molecule has 0 unspecified atom stereocenters. The molecular weight excluding hydrogens is 442 g/mol. The Morgan fingerprint density at radius 3 is 2.42 bits per heavy atom. The second kappa shape index (κ2) is 7.64. The van der Waals surface area contributed by atoms with Crippen molar-refractivity contribution >= 4 is 40.2 Å². The number of fused-ring (bicyclic) bond motifs is 4. The molecule has 3 N–H and O–H groups in total. The van der Waals surface area contributed by atoms with Crippen LogP contribution in [0.2, 0.25) is 5.02 Å². The molecule has 2 aliphatic heterocycles. The van der Waals surface area contributed by atoms with Crippen LogP contribution in [0.1, 0.15) is 88.8 Å². The number of hydrogen-bond acceptors (Lipinski definition) is 4. The van der Waals surface area contributed by atoms with E-state index in [4.69, 9.17) is 20.8 Å². The van der Waals surface area contributed by atoms with Gasteiger partial charge in [0, 0.05) is 17.0 Å². The molecule has 3 heterocycles. The van der Waals surface area contributed by atoms with E-state index in [1.165, 1.54) is 0 Å². The quantitative estimate of drug-likeness (QED) is 0.510. The number of urea groups is 1. The maximum absolute atomic E-state index is 13.2. The van der Waals surface area contributed by atoms with Gasteiger partial charge in [-0.05, 0) is 65.5 Å². The number of nitrogens with one attached hydrogen (secondary N) is 3. The van der Waals surface area contributed by atoms with Gasteiger partial charge in [0.25, 0.3) is 5.91 Å². The van der Waals surface area contributed by atoms with Crippen molar-refractivity contribution in [2.24, 2.45) is 0 Å². The topological polar surface area (TPSA) is 92.6 Å². The Morgan fingerprint density at radius 1 is 1.09 bits per heavy atom. The Bertz CT molecular complexity index is 1110. The number of carbonyl (C=O) groups is 2. The summed E-state index contributed by atoms with van der Waals surface area (Å²) >= 11 is 6.60. The molecule has 1 saturated heterocycles. The molecule has 8 heteroatoms. The first kappa shape index (κ1) is 22.5. The fourth-order valence-electron chi connectivity index (χ4n) is 6.24. The molecule has 33 heavy (non-hydrogen) atoms. The molecule has 3 aliphatic rings. The Balaban J connectivity index is 1.51. The van der Waals surface area contributed by atoms with Gasteiger partial charge in [0.05, 0.1) is 27.5 Å². The fourth-order valence-corrected chi connectivity index (χ4v) is 6.50. The summed E-state index contributed by atoms with van der Waals surface area (Å²) in [7, 11) is 0. The van der Waals surface area contributed by atoms with Crippen LogP contribution in [-0.2, 0) is 10.3 Å². The fraction of sp³-hybridized carbons (Fsp3) is 0.600. The number of benzene rings is 1. The molecule has 178 valence electrons. The van der Waals surface area contributed by atoms with Crippen LogP contribution in [0.4, 0.5) is 10.5 Å². The number of carbonyl (C=O) groups excluding carboxylic acids is 2. The third-order valence-electron chi connectivity index (χ3n) is 7.12. The van der Waals surface area contributed by atoms with Crippen molar-refractivity contribution in [1.29, 1.82) is 0 Å². The maximum Gasteiger partial charge on any atom is 0.319 e. The van der Waals surface area contributed by atoms with Crippen LogP contribution >= 0.6 is 11.6 Å². The zero-order valence-electron chi connectivity index (χ0n) is 19.7. The lowest BCUT2D eigenvalue weighted by Crippen LogP contribution is -2.53. The highest BCUT2D eigenvalue weighted by atomic mass is 35.5. The zero-order valence-corrected chi connectivity index (χ0v) is 20.4. The van der Waals surface area contributed by atoms with Crippen LogP contribution in [0.3, 0.4) is 0 Å². The molecule has 3 amide bonds. The summed E-state index contributed by atoms with van der Waals surface area (Å²) in [6.07, 6.45) is 6.24. The molecule has 5 rings (SSSR count). The lowest BCUT2D eigenvalue weighted by Gasteiger charge is -2.45. The standard InChI is InChI=1S/C25H32ClN3O4/c1-23(2)12-15(13-24(3,4)33-23)27-21(30)17-11-14-10-16(26)19-18(20(14)32-17)25(29-22(31)28-19)8-6-5-7-9-25/h10-11,15H,5-9,12-13H2,1-4H3,(H,27,30)(H2,28,29,31). The number of ether oxygens (including phenoxy) is 1. The number of furan rings is 1. The number of rotatable bonds is 2. The summed E-state index contributed by atoms with van der Waals surface area (Å²) < 4.78 is 12.3. The van der Waals surface area contributed by atoms with Crippen LogP contribution in [0.25, 0.3) is 11.0 Å². The molecule has 0 bridgehead atoms. The molecular formula is C25H32ClN3O4. The maximum atomic E-state index is 13.2. The minimum Gasteiger partial charge on any atom is -0.450 e. The predicted octanol–water partition coefficient (Wildman–Crippen LogP) is 5.85. The lowest BCUT2D eigenvalue weighted by molar-refractivity contribution is -0.162. The summed E-state index contributed by atoms with van der Waals surface area (Å²) in [4.78, 5) is 25.7. The third kappa shape index (κ3) is 4.10. The van der Waals surface area contributed by atoms with Gasteiger partial charge in [0.1, 0.15) is 5.58 Å². The highest BCUT2D eigenvalue weighted by Crippen LogP contribution is 2.49. The average Bonchev–Trinajstić information content (AvgIpc) is 3.09. The monoisotopic (exact) mass is 473 g/mol. The Morgan fingerprint density at radius 2 is 1.76 bits per heavy atom. The van der Waals surface area contributed by atoms with Gasteiger partial charge >= 0.3 is 6.03 Å². The van der Waals surface area contributed by atoms with Gasteiger partial charge in [-0.25, -0.2) is 4.79 Å². The highest BCUT2D eigenvalue weighted by molar-refractivity contribution is 6.35. The van der Waals surface area contributed by atoms with E-state index in [1.54, 1.807) is 12.1 Å². The Hall–Kier alpha value is -2.25. The number of halogens is 1. The average molecular weight is 474 g/mol. The second-order valence-electron chi connectivity index (χ2n) is 11.1. The van der Waals surface area contributed by atoms with E-state index in [0.29, 0.717) is 16.3 Å². The van der Waals surface area contributed by atoms with E-state index in [1.807, 2.05) is 27.7 Å². The first-order chi connectivity index (χ1) is 15.5. The van der Waals surface area contributed by atoms with Crippen molar-refractivity contribution in [3.63, 3.8) is 0 Å². The zero-order chi connectivity index (χ0) is 23.6. The van der Waals surface area contributed by atoms with Crippen LogP contribution < -0.4 is 16.0 Å². The van der Waals surface area contributed by atoms with Crippen LogP contribution in [0.5, 0.6) is 0 Å². The third-order valence-corrected chi connectivity index (χ3v) is 7.42. The summed E-state index contributed by atoms with van der Waals surface area (Å²) in [5.41, 5.74) is 0.885. The van der Waals surface area contributed by atoms with E-state index in [0.717, 1.165) is 55.9 Å². The van der Waals surface area contributed by atoms with E-state index < -0.39 is 5.54 Å². The van der Waals surface area contributed by atoms with Crippen molar-refractivity contribution < 1.29 is 18.7 Å². The molecule has 0 radical (unpaired) electrons. The van der Waals surface area contributed by atoms with Crippen LogP contribution in [0.15, 0.2) is 16.5 Å². The normalized spacial score (nSPS) is 23.6. The predicted molar refractivity (Wildman–Crippen MR) is 128 cm³/mol. The van der Waals surface area contributed by atoms with E-state index in [-0.39, 0.29) is 34.9 Å². The minimum atomic E-state index is -0.528. The van der Waals surface area contributed by atoms with Gasteiger partial charge in [-0.15, -0.1) is 0 Å². The van der Waals surface area contributed by atoms with Gasteiger partial charge in [-0.2, -0.15) is 0 Å². The molecule has 7 nitrogen and oxygen atoms in total. The number of anilines is 1. The summed E-state index contributed by atoms with van der Waals surface area (Å²) in [5.74, 6) is -0.000462. The van der Waals surface area contributed by atoms with Crippen LogP contribution in [-0.4, -0.2) is 29.2 Å². The smallest absolute Gasteiger partial charge is 0.319 e. The van der Waals surface area contributed by atoms with Crippen LogP contribution in [0, 0.1) is 0 Å². The molecule has 1 aliphatic carbocycles. The first-order valence-electron chi connectivity index (χ1n) is 11.8. The molecule has 1 saturated carbocycles. The molecule has 1 spiro atoms. The summed E-state index contributed by atoms with van der Waals surface area (Å²) in [6, 6.07) is 3.24. The largest absolute Gasteiger partial charge is 0.450 e. The highest BCUT2D eigenvalue weighted by Gasteiger charge is 2.44. The van der Waals surface area contributed by atoms with Crippen molar-refractivity contribution in [3.8, 4) is 0 Å². The number of hydrogen-bond donors (Lipinski definition) is 3. The van der Waals surface area contributed by atoms with E-state index in [9.17, 15) is 9.59 Å². The van der Waals surface area contributed by atoms with Crippen molar-refractivity contribution in [2.75, 3.05) is 5.32 Å². The van der Waals surface area contributed by atoms with Gasteiger partial charge in [0.15, 0.2) is 5.76 Å². The van der Waals surface area contributed by atoms with Crippen molar-refractivity contribution in [1.82, 2.24) is 10.6 Å². The molecule has 1 aromatic carbocycles. The number of amides is 3. The van der Waals surface area contributed by atoms with E-state index in [2.05, 4.69) is 16.0 Å². The molecule has 1 aromatic heterocycles. The molecule has 2 aromatic rings. The van der Waals surface area contributed by atoms with E-state index >= 15 is 0 Å². The lowest BCUT2D eigenvalue weighted by atomic mass is 9.74. The Labute approximate surface area is 198 Å². The summed E-state index contributed by atoms with van der Waals surface area (Å²) in [5, 5.41) is 10.4. The second-order valence-corrected chi connectivity index (χ2v) is 11.5. The first-order valence-corrected chi connectivity index (χ1v) is 12.2. The molecule has 2 fully saturated rings. The minimum absolute atomic E-state index is 0.0207. The van der Waals surface area contributed by atoms with Gasteiger partial charge < -0.3 is 25.1 Å².